The van der Waals surface area contributed by atoms with Crippen LogP contribution in [0.15, 0.2) is 18.5 Å². The lowest BCUT2D eigenvalue weighted by atomic mass is 10.1. The van der Waals surface area contributed by atoms with E-state index in [0.29, 0.717) is 18.3 Å². The Kier molecular flexibility index (Phi) is 3.66. The van der Waals surface area contributed by atoms with Gasteiger partial charge in [-0.05, 0) is 18.1 Å². The molecule has 1 rings (SSSR count). The second-order valence-electron chi connectivity index (χ2n) is 2.71. The maximum Gasteiger partial charge on any atom is 0.295 e. The van der Waals surface area contributed by atoms with Gasteiger partial charge in [0.05, 0.1) is 0 Å². The molecule has 0 saturated carbocycles. The topological polar surface area (TPSA) is 85.2 Å². The maximum absolute atomic E-state index is 10.2. The Labute approximate surface area is 80.0 Å². The van der Waals surface area contributed by atoms with E-state index in [0.717, 1.165) is 0 Å². The zero-order chi connectivity index (χ0) is 10.4. The molecule has 1 aromatic heterocycles. The van der Waals surface area contributed by atoms with Crippen LogP contribution >= 0.6 is 0 Å². The predicted octanol–water partition coefficient (Wildman–Crippen LogP) is 1.24. The highest BCUT2D eigenvalue weighted by molar-refractivity contribution is 5.49. The Hall–Kier alpha value is -1.85. The normalized spacial score (nSPS) is 12.0. The second kappa shape index (κ2) is 5.00. The number of hydrogen-bond acceptors (Lipinski definition) is 4. The largest absolute Gasteiger partial charge is 0.367 e. The molecule has 6 nitrogen and oxygen atoms in total. The number of nitrogens with one attached hydrogen (secondary N) is 1. The van der Waals surface area contributed by atoms with E-state index in [1.807, 2.05) is 0 Å². The van der Waals surface area contributed by atoms with Gasteiger partial charge in [0.25, 0.3) is 5.09 Å². The monoisotopic (exact) mass is 198 g/mol. The van der Waals surface area contributed by atoms with Crippen LogP contribution in [0, 0.1) is 10.1 Å². The minimum absolute atomic E-state index is 0.240. The van der Waals surface area contributed by atoms with Crippen molar-refractivity contribution in [3.8, 4) is 0 Å². The highest BCUT2D eigenvalue weighted by Gasteiger charge is 2.15. The van der Waals surface area contributed by atoms with Crippen LogP contribution in [0.1, 0.15) is 24.5 Å². The zero-order valence-electron chi connectivity index (χ0n) is 7.38. The summed E-state index contributed by atoms with van der Waals surface area (Å²) in [6.07, 6.45) is 3.85. The summed E-state index contributed by atoms with van der Waals surface area (Å²) in [6.45, 7) is 0. The number of aldehydes is 1. The Balaban J connectivity index is 2.61. The fourth-order valence-electron chi connectivity index (χ4n) is 1.14. The Morgan fingerprint density at radius 3 is 3.00 bits per heavy atom. The van der Waals surface area contributed by atoms with Gasteiger partial charge in [-0.25, -0.2) is 0 Å². The van der Waals surface area contributed by atoms with Crippen LogP contribution in [0.5, 0.6) is 0 Å². The van der Waals surface area contributed by atoms with Crippen LogP contribution in [-0.4, -0.2) is 16.4 Å². The Morgan fingerprint density at radius 2 is 2.50 bits per heavy atom. The summed E-state index contributed by atoms with van der Waals surface area (Å²) in [7, 11) is 0. The third-order valence-corrected chi connectivity index (χ3v) is 1.75. The molecule has 0 aliphatic carbocycles. The van der Waals surface area contributed by atoms with Gasteiger partial charge in [0.15, 0.2) is 0 Å². The third kappa shape index (κ3) is 2.89. The van der Waals surface area contributed by atoms with E-state index in [1.54, 1.807) is 18.5 Å². The van der Waals surface area contributed by atoms with Crippen molar-refractivity contribution in [3.63, 3.8) is 0 Å². The smallest absolute Gasteiger partial charge is 0.295 e. The van der Waals surface area contributed by atoms with Gasteiger partial charge in [0.1, 0.15) is 12.4 Å². The highest BCUT2D eigenvalue weighted by atomic mass is 17.0. The molecule has 1 heterocycles. The van der Waals surface area contributed by atoms with Gasteiger partial charge >= 0.3 is 0 Å². The van der Waals surface area contributed by atoms with Crippen LogP contribution in [0.3, 0.4) is 0 Å². The summed E-state index contributed by atoms with van der Waals surface area (Å²) in [5.74, 6) is 0. The van der Waals surface area contributed by atoms with Crippen molar-refractivity contribution >= 4 is 6.29 Å². The van der Waals surface area contributed by atoms with Crippen LogP contribution in [0.4, 0.5) is 0 Å². The first-order valence-corrected chi connectivity index (χ1v) is 4.11. The summed E-state index contributed by atoms with van der Waals surface area (Å²) in [4.78, 5) is 27.5. The molecule has 0 aliphatic rings. The van der Waals surface area contributed by atoms with E-state index in [2.05, 4.69) is 9.82 Å². The van der Waals surface area contributed by atoms with E-state index in [-0.39, 0.29) is 6.42 Å². The molecule has 1 aromatic rings. The van der Waals surface area contributed by atoms with Crippen LogP contribution < -0.4 is 0 Å². The number of H-pyrrole nitrogens is 1. The Bertz CT molecular complexity index is 296. The molecule has 14 heavy (non-hydrogen) atoms. The fourth-order valence-corrected chi connectivity index (χ4v) is 1.14. The fraction of sp³-hybridized carbons (Fsp3) is 0.375. The molecule has 0 fully saturated rings. The minimum atomic E-state index is -0.845. The van der Waals surface area contributed by atoms with E-state index in [9.17, 15) is 14.9 Å². The molecule has 1 N–H and O–H groups in total. The molecule has 1 unspecified atom stereocenters. The standard InChI is InChI=1S/C8H10N2O4/c11-5-1-2-8(14-10(12)13)7-3-4-9-6-7/h3-6,8-9H,1-2H2. The molecule has 1 atom stereocenters. The molecule has 76 valence electrons. The molecular formula is C8H10N2O4. The number of nitrogens with zero attached hydrogens (tertiary/aromatic N) is 1. The van der Waals surface area contributed by atoms with E-state index in [1.165, 1.54) is 0 Å². The van der Waals surface area contributed by atoms with Crippen molar-refractivity contribution in [1.82, 2.24) is 4.98 Å². The molecule has 0 amide bonds. The minimum Gasteiger partial charge on any atom is -0.367 e. The summed E-state index contributed by atoms with van der Waals surface area (Å²) >= 11 is 0. The van der Waals surface area contributed by atoms with Crippen molar-refractivity contribution in [2.75, 3.05) is 0 Å². The van der Waals surface area contributed by atoms with Crippen molar-refractivity contribution in [3.05, 3.63) is 34.1 Å². The summed E-state index contributed by atoms with van der Waals surface area (Å²) in [6, 6.07) is 1.68. The number of carbonyl (C=O) groups excluding carboxylic acids is 1. The van der Waals surface area contributed by atoms with Gasteiger partial charge in [-0.2, -0.15) is 0 Å². The van der Waals surface area contributed by atoms with Crippen molar-refractivity contribution in [2.45, 2.75) is 18.9 Å². The van der Waals surface area contributed by atoms with Gasteiger partial charge in [-0.15, -0.1) is 10.1 Å². The van der Waals surface area contributed by atoms with Crippen molar-refractivity contribution in [2.24, 2.45) is 0 Å². The summed E-state index contributed by atoms with van der Waals surface area (Å²) in [5, 5.41) is 9.31. The van der Waals surface area contributed by atoms with Crippen molar-refractivity contribution in [1.29, 1.82) is 0 Å². The number of carbonyl (C=O) groups is 1. The molecule has 6 heteroatoms. The van der Waals surface area contributed by atoms with Gasteiger partial charge in [0.2, 0.25) is 0 Å². The maximum atomic E-state index is 10.2. The first-order valence-electron chi connectivity index (χ1n) is 4.11. The lowest BCUT2D eigenvalue weighted by Gasteiger charge is -2.11. The molecule has 0 aliphatic heterocycles. The first kappa shape index (κ1) is 10.2. The highest BCUT2D eigenvalue weighted by Crippen LogP contribution is 2.21. The quantitative estimate of drug-likeness (QED) is 0.423. The number of rotatable bonds is 6. The van der Waals surface area contributed by atoms with Crippen LogP contribution in [0.25, 0.3) is 0 Å². The molecular weight excluding hydrogens is 188 g/mol. The molecule has 0 saturated heterocycles. The average molecular weight is 198 g/mol. The first-order chi connectivity index (χ1) is 6.74. The number of aromatic amines is 1. The number of aromatic nitrogens is 1. The summed E-state index contributed by atoms with van der Waals surface area (Å²) in [5.41, 5.74) is 0.670. The molecule has 0 aromatic carbocycles. The lowest BCUT2D eigenvalue weighted by Crippen LogP contribution is -2.09. The average Bonchev–Trinajstić information content (AvgIpc) is 2.64. The van der Waals surface area contributed by atoms with Crippen LogP contribution in [-0.2, 0) is 9.63 Å². The number of hydrogen-bond donors (Lipinski definition) is 1. The molecule has 0 radical (unpaired) electrons. The van der Waals surface area contributed by atoms with E-state index >= 15 is 0 Å². The summed E-state index contributed by atoms with van der Waals surface area (Å²) < 4.78 is 0. The van der Waals surface area contributed by atoms with Gasteiger partial charge in [0, 0.05) is 18.8 Å². The third-order valence-electron chi connectivity index (χ3n) is 1.75. The van der Waals surface area contributed by atoms with E-state index < -0.39 is 11.2 Å². The second-order valence-corrected chi connectivity index (χ2v) is 2.71. The SMILES string of the molecule is O=CCCC(O[N+](=O)[O-])c1cc[nH]c1. The Morgan fingerprint density at radius 1 is 1.71 bits per heavy atom. The zero-order valence-corrected chi connectivity index (χ0v) is 7.38. The van der Waals surface area contributed by atoms with E-state index in [4.69, 9.17) is 0 Å². The molecule has 0 bridgehead atoms. The van der Waals surface area contributed by atoms with Crippen molar-refractivity contribution < 1.29 is 14.7 Å². The van der Waals surface area contributed by atoms with Crippen LogP contribution in [0.2, 0.25) is 0 Å². The van der Waals surface area contributed by atoms with Gasteiger partial charge in [-0.3, -0.25) is 0 Å². The lowest BCUT2D eigenvalue weighted by molar-refractivity contribution is -0.771. The van der Waals surface area contributed by atoms with Gasteiger partial charge in [-0.1, -0.05) is 0 Å². The molecule has 0 spiro atoms. The van der Waals surface area contributed by atoms with Gasteiger partial charge < -0.3 is 14.6 Å². The predicted molar refractivity (Wildman–Crippen MR) is 46.9 cm³/mol.